The molecular weight excluding hydrogens is 346 g/mol. The number of carbonyl (C=O) groups excluding carboxylic acids is 1. The molecule has 0 unspecified atom stereocenters. The molecule has 1 aromatic rings. The topological polar surface area (TPSA) is 26.8 Å². The average Bonchev–Trinajstić information content (AvgIpc) is 2.62. The highest BCUT2D eigenvalue weighted by Gasteiger charge is 2.40. The maximum absolute atomic E-state index is 12.3. The molecule has 2 heterocycles. The van der Waals surface area contributed by atoms with Gasteiger partial charge in [0.1, 0.15) is 0 Å². The van der Waals surface area contributed by atoms with E-state index in [2.05, 4.69) is 40.9 Å². The molecule has 0 saturated carbocycles. The maximum Gasteiger partial charge on any atom is 0.222 e. The number of likely N-dealkylation sites (tertiary alicyclic amines) is 2. The Hall–Kier alpha value is -1.10. The van der Waals surface area contributed by atoms with E-state index in [1.807, 2.05) is 12.1 Å². The number of nitrogens with zero attached hydrogens (tertiary/aromatic N) is 3. The molecule has 4 nitrogen and oxygen atoms in total. The fraction of sp³-hybridized carbons (Fsp3) is 0.667. The van der Waals surface area contributed by atoms with Gasteiger partial charge >= 0.3 is 0 Å². The summed E-state index contributed by atoms with van der Waals surface area (Å²) in [5.41, 5.74) is 1.68. The first-order chi connectivity index (χ1) is 12.5. The van der Waals surface area contributed by atoms with Gasteiger partial charge in [0.15, 0.2) is 0 Å². The van der Waals surface area contributed by atoms with Crippen LogP contribution < -0.4 is 0 Å². The molecule has 1 spiro atoms. The molecule has 0 aromatic heterocycles. The molecular formula is C21H32ClN3O. The summed E-state index contributed by atoms with van der Waals surface area (Å²) >= 11 is 5.98. The van der Waals surface area contributed by atoms with Crippen molar-refractivity contribution >= 4 is 17.5 Å². The minimum absolute atomic E-state index is 0.350. The van der Waals surface area contributed by atoms with Gasteiger partial charge in [-0.2, -0.15) is 0 Å². The van der Waals surface area contributed by atoms with Crippen molar-refractivity contribution in [3.05, 3.63) is 34.9 Å². The van der Waals surface area contributed by atoms with Gasteiger partial charge in [0.2, 0.25) is 5.91 Å². The van der Waals surface area contributed by atoms with Gasteiger partial charge in [-0.1, -0.05) is 23.7 Å². The summed E-state index contributed by atoms with van der Waals surface area (Å²) in [6.07, 6.45) is 5.29. The van der Waals surface area contributed by atoms with Crippen LogP contribution in [-0.2, 0) is 11.3 Å². The third-order valence-corrected chi connectivity index (χ3v) is 6.27. The molecule has 0 N–H and O–H groups in total. The minimum atomic E-state index is 0.350. The molecule has 0 atom stereocenters. The predicted octanol–water partition coefficient (Wildman–Crippen LogP) is 3.50. The van der Waals surface area contributed by atoms with Gasteiger partial charge in [-0.15, -0.1) is 0 Å². The normalized spacial score (nSPS) is 20.9. The highest BCUT2D eigenvalue weighted by molar-refractivity contribution is 6.30. The van der Waals surface area contributed by atoms with Crippen molar-refractivity contribution < 1.29 is 4.79 Å². The Balaban J connectivity index is 1.50. The fourth-order valence-electron chi connectivity index (χ4n) is 4.33. The third-order valence-electron chi connectivity index (χ3n) is 6.02. The van der Waals surface area contributed by atoms with E-state index in [0.29, 0.717) is 11.3 Å². The Morgan fingerprint density at radius 2 is 1.81 bits per heavy atom. The van der Waals surface area contributed by atoms with Crippen molar-refractivity contribution in [2.24, 2.45) is 5.41 Å². The summed E-state index contributed by atoms with van der Waals surface area (Å²) in [4.78, 5) is 19.2. The number of carbonyl (C=O) groups is 1. The van der Waals surface area contributed by atoms with Crippen LogP contribution in [0.5, 0.6) is 0 Å². The van der Waals surface area contributed by atoms with Crippen molar-refractivity contribution in [3.63, 3.8) is 0 Å². The summed E-state index contributed by atoms with van der Waals surface area (Å²) in [6.45, 7) is 6.18. The van der Waals surface area contributed by atoms with E-state index in [0.717, 1.165) is 63.6 Å². The van der Waals surface area contributed by atoms with Gasteiger partial charge in [0.05, 0.1) is 0 Å². The number of halogens is 1. The predicted molar refractivity (Wildman–Crippen MR) is 107 cm³/mol. The first-order valence-corrected chi connectivity index (χ1v) is 10.2. The smallest absolute Gasteiger partial charge is 0.222 e. The molecule has 1 amide bonds. The van der Waals surface area contributed by atoms with Crippen molar-refractivity contribution in [1.29, 1.82) is 0 Å². The monoisotopic (exact) mass is 377 g/mol. The lowest BCUT2D eigenvalue weighted by atomic mass is 9.72. The van der Waals surface area contributed by atoms with Crippen LogP contribution in [0.25, 0.3) is 0 Å². The zero-order valence-electron chi connectivity index (χ0n) is 16.2. The number of rotatable bonds is 6. The van der Waals surface area contributed by atoms with Crippen molar-refractivity contribution in [2.75, 3.05) is 46.8 Å². The van der Waals surface area contributed by atoms with Crippen LogP contribution in [0.2, 0.25) is 5.02 Å². The van der Waals surface area contributed by atoms with E-state index in [9.17, 15) is 4.79 Å². The highest BCUT2D eigenvalue weighted by atomic mass is 35.5. The number of amides is 1. The largest absolute Gasteiger partial charge is 0.342 e. The molecule has 1 aromatic carbocycles. The van der Waals surface area contributed by atoms with Crippen molar-refractivity contribution in [1.82, 2.24) is 14.7 Å². The third kappa shape index (κ3) is 5.21. The van der Waals surface area contributed by atoms with Crippen LogP contribution in [-0.4, -0.2) is 67.4 Å². The van der Waals surface area contributed by atoms with E-state index in [4.69, 9.17) is 11.6 Å². The Morgan fingerprint density at radius 3 is 2.46 bits per heavy atom. The number of benzene rings is 1. The maximum atomic E-state index is 12.3. The summed E-state index contributed by atoms with van der Waals surface area (Å²) < 4.78 is 0. The molecule has 3 rings (SSSR count). The van der Waals surface area contributed by atoms with Crippen LogP contribution in [0.1, 0.15) is 37.7 Å². The van der Waals surface area contributed by atoms with E-state index in [1.54, 1.807) is 0 Å². The second kappa shape index (κ2) is 8.73. The van der Waals surface area contributed by atoms with Gasteiger partial charge < -0.3 is 9.80 Å². The van der Waals surface area contributed by atoms with Crippen LogP contribution in [0.15, 0.2) is 24.3 Å². The van der Waals surface area contributed by atoms with Crippen molar-refractivity contribution in [2.45, 2.75) is 38.6 Å². The van der Waals surface area contributed by atoms with E-state index in [1.165, 1.54) is 18.4 Å². The van der Waals surface area contributed by atoms with Crippen LogP contribution >= 0.6 is 11.6 Å². The summed E-state index contributed by atoms with van der Waals surface area (Å²) in [5.74, 6) is 0.359. The van der Waals surface area contributed by atoms with E-state index < -0.39 is 0 Å². The van der Waals surface area contributed by atoms with Gasteiger partial charge in [0.25, 0.3) is 0 Å². The average molecular weight is 378 g/mol. The van der Waals surface area contributed by atoms with Gasteiger partial charge in [-0.3, -0.25) is 9.69 Å². The Labute approximate surface area is 163 Å². The lowest BCUT2D eigenvalue weighted by molar-refractivity contribution is -0.139. The molecule has 5 heteroatoms. The van der Waals surface area contributed by atoms with Crippen LogP contribution in [0.4, 0.5) is 0 Å². The zero-order valence-corrected chi connectivity index (χ0v) is 17.0. The quantitative estimate of drug-likeness (QED) is 0.759. The molecule has 26 heavy (non-hydrogen) atoms. The molecule has 0 aliphatic carbocycles. The molecule has 144 valence electrons. The van der Waals surface area contributed by atoms with E-state index in [-0.39, 0.29) is 0 Å². The molecule has 2 saturated heterocycles. The number of piperidine rings is 2. The van der Waals surface area contributed by atoms with Gasteiger partial charge in [0, 0.05) is 31.1 Å². The molecule has 2 aliphatic rings. The summed E-state index contributed by atoms with van der Waals surface area (Å²) in [7, 11) is 4.19. The van der Waals surface area contributed by atoms with E-state index >= 15 is 0 Å². The SMILES string of the molecule is CN(C)CCCN1CC2(CCC1=O)CCN(Cc1ccc(Cl)cc1)CC2. The zero-order chi connectivity index (χ0) is 18.6. The first kappa shape index (κ1) is 19.7. The lowest BCUT2D eigenvalue weighted by Gasteiger charge is -2.47. The number of hydrogen-bond acceptors (Lipinski definition) is 3. The first-order valence-electron chi connectivity index (χ1n) is 9.85. The van der Waals surface area contributed by atoms with Gasteiger partial charge in [-0.05, 0) is 82.5 Å². The second-order valence-corrected chi connectivity index (χ2v) is 8.81. The van der Waals surface area contributed by atoms with Crippen LogP contribution in [0, 0.1) is 5.41 Å². The molecule has 2 aliphatic heterocycles. The van der Waals surface area contributed by atoms with Crippen molar-refractivity contribution in [3.8, 4) is 0 Å². The Morgan fingerprint density at radius 1 is 1.12 bits per heavy atom. The summed E-state index contributed by atoms with van der Waals surface area (Å²) in [6, 6.07) is 8.19. The standard InChI is InChI=1S/C21H32ClN3O/c1-23(2)12-3-13-25-17-21(9-8-20(25)26)10-14-24(15-11-21)16-18-4-6-19(22)7-5-18/h4-7H,3,8-17H2,1-2H3. The molecule has 0 radical (unpaired) electrons. The highest BCUT2D eigenvalue weighted by Crippen LogP contribution is 2.40. The number of hydrogen-bond donors (Lipinski definition) is 0. The Kier molecular flexibility index (Phi) is 6.60. The van der Waals surface area contributed by atoms with Gasteiger partial charge in [-0.25, -0.2) is 0 Å². The second-order valence-electron chi connectivity index (χ2n) is 8.37. The molecule has 0 bridgehead atoms. The Bertz CT molecular complexity index is 594. The lowest BCUT2D eigenvalue weighted by Crippen LogP contribution is -2.51. The van der Waals surface area contributed by atoms with Crippen LogP contribution in [0.3, 0.4) is 0 Å². The minimum Gasteiger partial charge on any atom is -0.342 e. The fourth-order valence-corrected chi connectivity index (χ4v) is 4.45. The summed E-state index contributed by atoms with van der Waals surface area (Å²) in [5, 5.41) is 0.799. The molecule has 2 fully saturated rings.